The standard InChI is InChI=1S/C19H28ClN3OS/c1-2-3-4-5-14-6-8-15(9-7-14)18(24)22-23-19(25)21-17-12-10-16(20)11-13-17/h10-15H,2-9H2,1H3,(H,22,24)(H2,21,23,25). The van der Waals surface area contributed by atoms with E-state index in [1.165, 1.54) is 25.7 Å². The molecule has 1 saturated carbocycles. The Labute approximate surface area is 161 Å². The first kappa shape index (κ1) is 20.0. The Bertz CT molecular complexity index is 556. The Morgan fingerprint density at radius 2 is 1.80 bits per heavy atom. The van der Waals surface area contributed by atoms with Gasteiger partial charge in [0.25, 0.3) is 0 Å². The average molecular weight is 382 g/mol. The number of hydrazine groups is 1. The van der Waals surface area contributed by atoms with Gasteiger partial charge < -0.3 is 5.32 Å². The zero-order valence-corrected chi connectivity index (χ0v) is 16.4. The summed E-state index contributed by atoms with van der Waals surface area (Å²) < 4.78 is 0. The minimum absolute atomic E-state index is 0.0345. The molecule has 0 aliphatic heterocycles. The lowest BCUT2D eigenvalue weighted by Gasteiger charge is -2.28. The zero-order valence-electron chi connectivity index (χ0n) is 14.8. The van der Waals surface area contributed by atoms with Crippen LogP contribution < -0.4 is 16.2 Å². The molecule has 0 bridgehead atoms. The summed E-state index contributed by atoms with van der Waals surface area (Å²) in [6.45, 7) is 2.24. The van der Waals surface area contributed by atoms with Crippen molar-refractivity contribution in [1.29, 1.82) is 0 Å². The number of hydrogen-bond donors (Lipinski definition) is 3. The molecule has 0 aromatic heterocycles. The predicted octanol–water partition coefficient (Wildman–Crippen LogP) is 5.04. The third-order valence-corrected chi connectivity index (χ3v) is 5.29. The largest absolute Gasteiger partial charge is 0.331 e. The van der Waals surface area contributed by atoms with Gasteiger partial charge in [-0.3, -0.25) is 15.6 Å². The lowest BCUT2D eigenvalue weighted by atomic mass is 9.79. The number of amides is 1. The van der Waals surface area contributed by atoms with E-state index in [1.54, 1.807) is 12.1 Å². The highest BCUT2D eigenvalue weighted by atomic mass is 35.5. The molecular formula is C19H28ClN3OS. The molecule has 3 N–H and O–H groups in total. The molecule has 0 saturated heterocycles. The highest BCUT2D eigenvalue weighted by Gasteiger charge is 2.26. The van der Waals surface area contributed by atoms with Crippen LogP contribution in [0.4, 0.5) is 5.69 Å². The van der Waals surface area contributed by atoms with Gasteiger partial charge in [0, 0.05) is 16.6 Å². The van der Waals surface area contributed by atoms with Crippen molar-refractivity contribution in [2.24, 2.45) is 11.8 Å². The van der Waals surface area contributed by atoms with Gasteiger partial charge in [0.1, 0.15) is 0 Å². The summed E-state index contributed by atoms with van der Waals surface area (Å²) in [5, 5.41) is 4.04. The number of carbonyl (C=O) groups is 1. The topological polar surface area (TPSA) is 53.2 Å². The molecule has 138 valence electrons. The van der Waals surface area contributed by atoms with Gasteiger partial charge in [0.15, 0.2) is 5.11 Å². The van der Waals surface area contributed by atoms with E-state index in [-0.39, 0.29) is 11.8 Å². The van der Waals surface area contributed by atoms with E-state index < -0.39 is 0 Å². The third kappa shape index (κ3) is 7.20. The molecule has 1 aromatic rings. The number of anilines is 1. The van der Waals surface area contributed by atoms with Gasteiger partial charge in [-0.25, -0.2) is 0 Å². The number of carbonyl (C=O) groups excluding carboxylic acids is 1. The second-order valence-electron chi connectivity index (χ2n) is 6.79. The van der Waals surface area contributed by atoms with Crippen molar-refractivity contribution in [1.82, 2.24) is 10.9 Å². The molecule has 1 aliphatic carbocycles. The predicted molar refractivity (Wildman–Crippen MR) is 109 cm³/mol. The normalized spacial score (nSPS) is 19.9. The third-order valence-electron chi connectivity index (χ3n) is 4.83. The number of rotatable bonds is 6. The number of unbranched alkanes of at least 4 members (excludes halogenated alkanes) is 2. The van der Waals surface area contributed by atoms with Crippen molar-refractivity contribution in [2.75, 3.05) is 5.32 Å². The van der Waals surface area contributed by atoms with E-state index in [0.717, 1.165) is 37.3 Å². The van der Waals surface area contributed by atoms with Crippen LogP contribution in [0.3, 0.4) is 0 Å². The summed E-state index contributed by atoms with van der Waals surface area (Å²) in [5.41, 5.74) is 6.34. The Morgan fingerprint density at radius 1 is 1.12 bits per heavy atom. The van der Waals surface area contributed by atoms with Crippen LogP contribution in [0.5, 0.6) is 0 Å². The highest BCUT2D eigenvalue weighted by molar-refractivity contribution is 7.80. The summed E-state index contributed by atoms with van der Waals surface area (Å²) in [6.07, 6.45) is 9.50. The average Bonchev–Trinajstić information content (AvgIpc) is 2.62. The van der Waals surface area contributed by atoms with Gasteiger partial charge in [-0.05, 0) is 68.1 Å². The SMILES string of the molecule is CCCCCC1CCC(C(=O)NNC(=S)Nc2ccc(Cl)cc2)CC1. The molecule has 1 aliphatic rings. The van der Waals surface area contributed by atoms with Gasteiger partial charge >= 0.3 is 0 Å². The van der Waals surface area contributed by atoms with Crippen molar-refractivity contribution in [3.63, 3.8) is 0 Å². The Balaban J connectivity index is 1.65. The summed E-state index contributed by atoms with van der Waals surface area (Å²) in [6, 6.07) is 7.23. The highest BCUT2D eigenvalue weighted by Crippen LogP contribution is 2.32. The molecule has 0 heterocycles. The molecule has 0 spiro atoms. The Hall–Kier alpha value is -1.33. The van der Waals surface area contributed by atoms with Crippen molar-refractivity contribution in [3.05, 3.63) is 29.3 Å². The fourth-order valence-corrected chi connectivity index (χ4v) is 3.61. The van der Waals surface area contributed by atoms with E-state index in [9.17, 15) is 4.79 Å². The van der Waals surface area contributed by atoms with Crippen LogP contribution in [-0.4, -0.2) is 11.0 Å². The Kier molecular flexibility index (Phi) is 8.49. The van der Waals surface area contributed by atoms with E-state index >= 15 is 0 Å². The van der Waals surface area contributed by atoms with Gasteiger partial charge in [0.05, 0.1) is 0 Å². The summed E-state index contributed by atoms with van der Waals surface area (Å²) in [4.78, 5) is 12.3. The summed E-state index contributed by atoms with van der Waals surface area (Å²) in [7, 11) is 0. The number of halogens is 1. The minimum Gasteiger partial charge on any atom is -0.331 e. The van der Waals surface area contributed by atoms with Crippen LogP contribution in [0, 0.1) is 11.8 Å². The molecule has 2 rings (SSSR count). The molecule has 6 heteroatoms. The quantitative estimate of drug-likeness (QED) is 0.367. The fourth-order valence-electron chi connectivity index (χ4n) is 3.31. The molecule has 1 amide bonds. The maximum absolute atomic E-state index is 12.3. The monoisotopic (exact) mass is 381 g/mol. The summed E-state index contributed by atoms with van der Waals surface area (Å²) >= 11 is 11.0. The fraction of sp³-hybridized carbons (Fsp3) is 0.579. The maximum atomic E-state index is 12.3. The first-order chi connectivity index (χ1) is 12.1. The van der Waals surface area contributed by atoms with Crippen molar-refractivity contribution in [3.8, 4) is 0 Å². The molecule has 0 unspecified atom stereocenters. The van der Waals surface area contributed by atoms with Crippen molar-refractivity contribution < 1.29 is 4.79 Å². The molecular weight excluding hydrogens is 354 g/mol. The van der Waals surface area contributed by atoms with Crippen LogP contribution in [0.15, 0.2) is 24.3 Å². The second-order valence-corrected chi connectivity index (χ2v) is 7.63. The maximum Gasteiger partial charge on any atom is 0.241 e. The first-order valence-electron chi connectivity index (χ1n) is 9.21. The van der Waals surface area contributed by atoms with Crippen LogP contribution >= 0.6 is 23.8 Å². The molecule has 4 nitrogen and oxygen atoms in total. The smallest absolute Gasteiger partial charge is 0.241 e. The number of thiocarbonyl (C=S) groups is 1. The van der Waals surface area contributed by atoms with Gasteiger partial charge in [-0.15, -0.1) is 0 Å². The summed E-state index contributed by atoms with van der Waals surface area (Å²) in [5.74, 6) is 0.928. The molecule has 25 heavy (non-hydrogen) atoms. The van der Waals surface area contributed by atoms with Crippen molar-refractivity contribution >= 4 is 40.5 Å². The molecule has 1 fully saturated rings. The lowest BCUT2D eigenvalue weighted by Crippen LogP contribution is -2.46. The van der Waals surface area contributed by atoms with Crippen LogP contribution in [0.2, 0.25) is 5.02 Å². The molecule has 0 radical (unpaired) electrons. The van der Waals surface area contributed by atoms with E-state index in [2.05, 4.69) is 23.1 Å². The van der Waals surface area contributed by atoms with Crippen LogP contribution in [0.1, 0.15) is 58.3 Å². The minimum atomic E-state index is 0.0345. The van der Waals surface area contributed by atoms with Gasteiger partial charge in [0.2, 0.25) is 5.91 Å². The van der Waals surface area contributed by atoms with Crippen LogP contribution in [-0.2, 0) is 4.79 Å². The first-order valence-corrected chi connectivity index (χ1v) is 9.99. The number of benzene rings is 1. The van der Waals surface area contributed by atoms with Gasteiger partial charge in [-0.2, -0.15) is 0 Å². The van der Waals surface area contributed by atoms with E-state index in [0.29, 0.717) is 10.1 Å². The lowest BCUT2D eigenvalue weighted by molar-refractivity contribution is -0.126. The second kappa shape index (κ2) is 10.6. The zero-order chi connectivity index (χ0) is 18.1. The Morgan fingerprint density at radius 3 is 2.44 bits per heavy atom. The number of hydrogen-bond acceptors (Lipinski definition) is 2. The van der Waals surface area contributed by atoms with Crippen LogP contribution in [0.25, 0.3) is 0 Å². The van der Waals surface area contributed by atoms with Crippen molar-refractivity contribution in [2.45, 2.75) is 58.3 Å². The van der Waals surface area contributed by atoms with Gasteiger partial charge in [-0.1, -0.05) is 44.2 Å². The number of nitrogens with one attached hydrogen (secondary N) is 3. The molecule has 1 aromatic carbocycles. The van der Waals surface area contributed by atoms with E-state index in [1.807, 2.05) is 12.1 Å². The molecule has 0 atom stereocenters. The van der Waals surface area contributed by atoms with E-state index in [4.69, 9.17) is 23.8 Å².